The summed E-state index contributed by atoms with van der Waals surface area (Å²) in [4.78, 5) is 0. The van der Waals surface area contributed by atoms with E-state index in [1.54, 1.807) is 0 Å². The van der Waals surface area contributed by atoms with Crippen LogP contribution in [0.1, 0.15) is 0 Å². The summed E-state index contributed by atoms with van der Waals surface area (Å²) in [5.74, 6) is 0. The van der Waals surface area contributed by atoms with Crippen molar-refractivity contribution in [1.82, 2.24) is 0 Å². The summed E-state index contributed by atoms with van der Waals surface area (Å²) >= 11 is 1.03. The van der Waals surface area contributed by atoms with Crippen molar-refractivity contribution in [2.75, 3.05) is 11.8 Å². The fraction of sp³-hybridized carbons (Fsp3) is 1.00. The van der Waals surface area contributed by atoms with E-state index in [1.807, 2.05) is 0 Å². The first kappa shape index (κ1) is 3.91. The fourth-order valence-corrected chi connectivity index (χ4v) is 0.411. The molecule has 0 spiro atoms. The van der Waals surface area contributed by atoms with Crippen LogP contribution in [0, 0.1) is 0 Å². The highest BCUT2D eigenvalue weighted by atomic mass is 32.1. The zero-order valence-electron chi connectivity index (χ0n) is 3.77. The number of hydrogen-bond acceptors (Lipinski definition) is 2. The third-order valence-corrected chi connectivity index (χ3v) is 1.25. The van der Waals surface area contributed by atoms with Crippen molar-refractivity contribution in [1.29, 1.82) is 1.12 Å². The van der Waals surface area contributed by atoms with Crippen molar-refractivity contribution >= 4 is 21.1 Å². The van der Waals surface area contributed by atoms with Crippen LogP contribution in [-0.2, 0) is 0 Å². The molecular weight excluding hydrogens is 103 g/mol. The van der Waals surface area contributed by atoms with Crippen LogP contribution in [0.3, 0.4) is 0 Å². The van der Waals surface area contributed by atoms with Gasteiger partial charge in [-0.1, -0.05) is 8.58 Å². The van der Waals surface area contributed by atoms with Gasteiger partial charge in [0, 0.05) is 5.49 Å². The minimum atomic E-state index is 0.242. The second-order valence-corrected chi connectivity index (χ2v) is 2.52. The van der Waals surface area contributed by atoms with Crippen molar-refractivity contribution in [2.45, 2.75) is 0 Å². The molecule has 0 heterocycles. The second-order valence-electron chi connectivity index (χ2n) is 0.552. The third-order valence-electron chi connectivity index (χ3n) is 0.214. The van der Waals surface area contributed by atoms with E-state index in [2.05, 4.69) is 0 Å². The normalized spacial score (nSPS) is 13.4. The first-order valence-electron chi connectivity index (χ1n) is 1.72. The molecule has 1 unspecified atom stereocenters. The molecule has 0 aliphatic carbocycles. The lowest BCUT2D eigenvalue weighted by atomic mass is 11.7. The Hall–Kier alpha value is 0.740. The molecule has 1 N–H and O–H groups in total. The molecule has 0 amide bonds. The van der Waals surface area contributed by atoms with Gasteiger partial charge in [0.05, 0.1) is 6.35 Å². The van der Waals surface area contributed by atoms with Crippen molar-refractivity contribution in [3.05, 3.63) is 0 Å². The van der Waals surface area contributed by atoms with Crippen LogP contribution >= 0.6 is 21.1 Å². The highest BCUT2D eigenvalue weighted by molar-refractivity contribution is 7.86. The first-order chi connectivity index (χ1) is 2.91. The largest absolute Gasteiger partial charge is 0.392 e. The van der Waals surface area contributed by atoms with Crippen LogP contribution < -0.4 is 0 Å². The monoisotopic (exact) mass is 111 g/mol. The van der Waals surface area contributed by atoms with Crippen LogP contribution in [0.5, 0.6) is 0 Å². The predicted octanol–water partition coefficient (Wildman–Crippen LogP) is 0.502. The average molecular weight is 111 g/mol. The molecule has 5 heavy (non-hydrogen) atoms. The Labute approximate surface area is 40.1 Å². The smallest absolute Gasteiger partial charge is 0.103 e. The van der Waals surface area contributed by atoms with Crippen LogP contribution in [0.15, 0.2) is 0 Å². The highest BCUT2D eigenvalue weighted by Crippen LogP contribution is 2.06. The maximum Gasteiger partial charge on any atom is 0.103 e. The zero-order chi connectivity index (χ0) is 4.83. The summed E-state index contributed by atoms with van der Waals surface area (Å²) in [6.07, 6.45) is 0.242. The quantitative estimate of drug-likeness (QED) is 0.309. The van der Waals surface area contributed by atoms with Gasteiger partial charge >= 0.3 is 0 Å². The molecular formula is C2H7OPS. The van der Waals surface area contributed by atoms with E-state index >= 15 is 0 Å². The SMILES string of the molecule is [2H]SCPCO. The van der Waals surface area contributed by atoms with E-state index in [1.165, 1.54) is 0 Å². The van der Waals surface area contributed by atoms with E-state index in [0.29, 0.717) is 8.58 Å². The van der Waals surface area contributed by atoms with E-state index < -0.39 is 0 Å². The minimum Gasteiger partial charge on any atom is -0.392 e. The van der Waals surface area contributed by atoms with Crippen LogP contribution in [0.4, 0.5) is 0 Å². The Morgan fingerprint density at radius 2 is 3.00 bits per heavy atom. The molecule has 3 heteroatoms. The highest BCUT2D eigenvalue weighted by Gasteiger charge is 1.68. The standard InChI is InChI=1S/C2H7OPS/c3-1-4-2-5/h3-5H,1-2H2/i/hD. The summed E-state index contributed by atoms with van der Waals surface area (Å²) < 4.78 is 6.52. The van der Waals surface area contributed by atoms with E-state index in [0.717, 1.165) is 18.0 Å². The molecule has 0 saturated heterocycles. The molecule has 32 valence electrons. The third kappa shape index (κ3) is 4.74. The summed E-state index contributed by atoms with van der Waals surface area (Å²) in [6.45, 7) is 0. The molecule has 1 atom stereocenters. The summed E-state index contributed by atoms with van der Waals surface area (Å²) in [6, 6.07) is 0. The molecule has 1 nitrogen and oxygen atoms in total. The van der Waals surface area contributed by atoms with Gasteiger partial charge in [-0.3, -0.25) is 0 Å². The summed E-state index contributed by atoms with van der Waals surface area (Å²) in [5.41, 5.74) is 0.774. The number of hydrogen-bond donors (Lipinski definition) is 2. The lowest BCUT2D eigenvalue weighted by Gasteiger charge is -1.80. The molecule has 0 aliphatic rings. The molecule has 0 bridgehead atoms. The molecule has 0 aromatic heterocycles. The first-order valence-corrected chi connectivity index (χ1v) is 3.30. The molecule has 0 saturated carbocycles. The molecule has 0 aliphatic heterocycles. The Balaban J connectivity index is 2.34. The van der Waals surface area contributed by atoms with Gasteiger partial charge in [0.25, 0.3) is 0 Å². The zero-order valence-corrected chi connectivity index (χ0v) is 4.59. The molecule has 0 rings (SSSR count). The fourth-order valence-electron chi connectivity index (χ4n) is 0.0456. The average Bonchev–Trinajstić information content (AvgIpc) is 1.61. The van der Waals surface area contributed by atoms with Gasteiger partial charge in [0.1, 0.15) is 1.12 Å². The van der Waals surface area contributed by atoms with Crippen molar-refractivity contribution in [2.24, 2.45) is 0 Å². The Morgan fingerprint density at radius 3 is 3.20 bits per heavy atom. The van der Waals surface area contributed by atoms with Crippen LogP contribution in [0.25, 0.3) is 0 Å². The van der Waals surface area contributed by atoms with Crippen LogP contribution in [0.2, 0.25) is 0 Å². The van der Waals surface area contributed by atoms with E-state index in [-0.39, 0.29) is 6.35 Å². The number of rotatable bonds is 3. The van der Waals surface area contributed by atoms with Crippen molar-refractivity contribution < 1.29 is 5.11 Å². The minimum absolute atomic E-state index is 0.242. The lowest BCUT2D eigenvalue weighted by Crippen LogP contribution is -1.63. The van der Waals surface area contributed by atoms with Gasteiger partial charge in [-0.2, -0.15) is 12.5 Å². The molecule has 0 radical (unpaired) electrons. The Bertz CT molecular complexity index is 25.5. The van der Waals surface area contributed by atoms with Gasteiger partial charge in [0.2, 0.25) is 0 Å². The molecule has 0 fully saturated rings. The second kappa shape index (κ2) is 4.74. The van der Waals surface area contributed by atoms with E-state index in [9.17, 15) is 0 Å². The molecule has 0 aromatic rings. The summed E-state index contributed by atoms with van der Waals surface area (Å²) in [5, 5.41) is 8.11. The topological polar surface area (TPSA) is 20.2 Å². The predicted molar refractivity (Wildman–Crippen MR) is 29.3 cm³/mol. The summed E-state index contributed by atoms with van der Waals surface area (Å²) in [7, 11) is 0.546. The number of thiol groups is 1. The van der Waals surface area contributed by atoms with Crippen LogP contribution in [-0.4, -0.2) is 18.1 Å². The maximum absolute atomic E-state index is 8.11. The van der Waals surface area contributed by atoms with Gasteiger partial charge in [-0.25, -0.2) is 0 Å². The van der Waals surface area contributed by atoms with Gasteiger partial charge in [-0.05, 0) is 0 Å². The van der Waals surface area contributed by atoms with Gasteiger partial charge in [0.15, 0.2) is 0 Å². The van der Waals surface area contributed by atoms with Crippen molar-refractivity contribution in [3.63, 3.8) is 0 Å². The Morgan fingerprint density at radius 1 is 2.20 bits per heavy atom. The van der Waals surface area contributed by atoms with Crippen molar-refractivity contribution in [3.8, 4) is 0 Å². The Kier molecular flexibility index (Phi) is 3.71. The molecule has 0 aromatic carbocycles. The number of aliphatic hydroxyl groups is 1. The van der Waals surface area contributed by atoms with Gasteiger partial charge in [-0.15, -0.1) is 0 Å². The van der Waals surface area contributed by atoms with E-state index in [4.69, 9.17) is 6.23 Å². The lowest BCUT2D eigenvalue weighted by molar-refractivity contribution is 0.373. The maximum atomic E-state index is 8.11. The van der Waals surface area contributed by atoms with Gasteiger partial charge < -0.3 is 5.11 Å². The number of aliphatic hydroxyl groups excluding tert-OH is 1.